The predicted octanol–water partition coefficient (Wildman–Crippen LogP) is 2.90. The zero-order valence-corrected chi connectivity index (χ0v) is 12.9. The molecule has 0 aliphatic carbocycles. The van der Waals surface area contributed by atoms with Gasteiger partial charge in [-0.15, -0.1) is 0 Å². The van der Waals surface area contributed by atoms with Gasteiger partial charge in [-0.2, -0.15) is 0 Å². The van der Waals surface area contributed by atoms with E-state index in [1.807, 2.05) is 13.8 Å². The minimum atomic E-state index is -0.360. The van der Waals surface area contributed by atoms with Crippen LogP contribution in [0.4, 0.5) is 5.69 Å². The number of hydrogen-bond donors (Lipinski definition) is 1. The molecule has 2 heterocycles. The highest BCUT2D eigenvalue weighted by Gasteiger charge is 2.11. The van der Waals surface area contributed by atoms with Gasteiger partial charge in [0.1, 0.15) is 0 Å². The number of carbonyl (C=O) groups excluding carboxylic acids is 1. The normalized spacial score (nSPS) is 11.1. The second kappa shape index (κ2) is 6.08. The van der Waals surface area contributed by atoms with Gasteiger partial charge in [0.25, 0.3) is 11.5 Å². The second-order valence-corrected chi connectivity index (χ2v) is 5.76. The lowest BCUT2D eigenvalue weighted by atomic mass is 10.2. The summed E-state index contributed by atoms with van der Waals surface area (Å²) in [6.07, 6.45) is 3.00. The number of carbonyl (C=O) groups is 1. The molecule has 118 valence electrons. The smallest absolute Gasteiger partial charge is 0.291 e. The summed E-state index contributed by atoms with van der Waals surface area (Å²) in [6, 6.07) is 8.29. The second-order valence-electron chi connectivity index (χ2n) is 5.76. The van der Waals surface area contributed by atoms with Gasteiger partial charge in [0.15, 0.2) is 5.76 Å². The Morgan fingerprint density at radius 3 is 2.87 bits per heavy atom. The molecular formula is C17H17N3O3. The predicted molar refractivity (Wildman–Crippen MR) is 87.5 cm³/mol. The van der Waals surface area contributed by atoms with Crippen molar-refractivity contribution >= 4 is 22.5 Å². The molecule has 0 aliphatic heterocycles. The van der Waals surface area contributed by atoms with Crippen molar-refractivity contribution in [2.24, 2.45) is 5.92 Å². The number of nitrogens with zero attached hydrogens (tertiary/aromatic N) is 2. The molecule has 0 fully saturated rings. The maximum absolute atomic E-state index is 12.5. The largest absolute Gasteiger partial charge is 0.459 e. The molecule has 1 amide bonds. The summed E-state index contributed by atoms with van der Waals surface area (Å²) in [4.78, 5) is 28.8. The molecule has 6 heteroatoms. The fourth-order valence-electron chi connectivity index (χ4n) is 2.36. The van der Waals surface area contributed by atoms with Gasteiger partial charge in [0.2, 0.25) is 0 Å². The molecular weight excluding hydrogens is 294 g/mol. The van der Waals surface area contributed by atoms with Crippen LogP contribution in [0.1, 0.15) is 24.4 Å². The Hall–Kier alpha value is -2.89. The highest BCUT2D eigenvalue weighted by molar-refractivity contribution is 6.03. The summed E-state index contributed by atoms with van der Waals surface area (Å²) in [7, 11) is 0. The SMILES string of the molecule is CC(C)Cn1cnc2ccc(NC(=O)c3ccco3)cc2c1=O. The molecule has 1 N–H and O–H groups in total. The van der Waals surface area contributed by atoms with Crippen molar-refractivity contribution in [3.63, 3.8) is 0 Å². The Labute approximate surface area is 132 Å². The number of aromatic nitrogens is 2. The van der Waals surface area contributed by atoms with E-state index in [0.29, 0.717) is 29.1 Å². The highest BCUT2D eigenvalue weighted by Crippen LogP contribution is 2.16. The van der Waals surface area contributed by atoms with Crippen molar-refractivity contribution in [3.05, 3.63) is 59.0 Å². The lowest BCUT2D eigenvalue weighted by molar-refractivity contribution is 0.0996. The molecule has 6 nitrogen and oxygen atoms in total. The molecule has 0 spiro atoms. The van der Waals surface area contributed by atoms with Crippen LogP contribution >= 0.6 is 0 Å². The Bertz CT molecular complexity index is 895. The number of nitrogens with one attached hydrogen (secondary N) is 1. The van der Waals surface area contributed by atoms with Crippen molar-refractivity contribution in [3.8, 4) is 0 Å². The van der Waals surface area contributed by atoms with Crippen molar-refractivity contribution < 1.29 is 9.21 Å². The summed E-state index contributed by atoms with van der Waals surface area (Å²) in [5.41, 5.74) is 1.02. The van der Waals surface area contributed by atoms with E-state index < -0.39 is 0 Å². The number of fused-ring (bicyclic) bond motifs is 1. The van der Waals surface area contributed by atoms with Crippen LogP contribution in [0.5, 0.6) is 0 Å². The van der Waals surface area contributed by atoms with Crippen molar-refractivity contribution in [1.29, 1.82) is 0 Å². The molecule has 2 aromatic heterocycles. The number of furan rings is 1. The summed E-state index contributed by atoms with van der Waals surface area (Å²) < 4.78 is 6.64. The number of amides is 1. The zero-order valence-electron chi connectivity index (χ0n) is 12.9. The third kappa shape index (κ3) is 3.15. The molecule has 0 saturated heterocycles. The van der Waals surface area contributed by atoms with Crippen LogP contribution < -0.4 is 10.9 Å². The number of hydrogen-bond acceptors (Lipinski definition) is 4. The van der Waals surface area contributed by atoms with Crippen LogP contribution in [0.25, 0.3) is 10.9 Å². The Morgan fingerprint density at radius 2 is 2.17 bits per heavy atom. The maximum atomic E-state index is 12.5. The van der Waals surface area contributed by atoms with E-state index in [2.05, 4.69) is 10.3 Å². The van der Waals surface area contributed by atoms with Crippen LogP contribution in [0, 0.1) is 5.92 Å². The van der Waals surface area contributed by atoms with Gasteiger partial charge in [-0.05, 0) is 36.2 Å². The van der Waals surface area contributed by atoms with Crippen molar-refractivity contribution in [2.75, 3.05) is 5.32 Å². The number of anilines is 1. The summed E-state index contributed by atoms with van der Waals surface area (Å²) in [5, 5.41) is 3.19. The Balaban J connectivity index is 1.95. The van der Waals surface area contributed by atoms with E-state index in [1.54, 1.807) is 41.2 Å². The van der Waals surface area contributed by atoms with E-state index in [0.717, 1.165) is 0 Å². The average Bonchev–Trinajstić information content (AvgIpc) is 3.05. The first kappa shape index (κ1) is 15.0. The molecule has 1 aromatic carbocycles. The summed E-state index contributed by atoms with van der Waals surface area (Å²) >= 11 is 0. The fourth-order valence-corrected chi connectivity index (χ4v) is 2.36. The van der Waals surface area contributed by atoms with Crippen LogP contribution in [-0.4, -0.2) is 15.5 Å². The molecule has 0 radical (unpaired) electrons. The van der Waals surface area contributed by atoms with E-state index in [9.17, 15) is 9.59 Å². The fraction of sp³-hybridized carbons (Fsp3) is 0.235. The van der Waals surface area contributed by atoms with E-state index in [1.165, 1.54) is 6.26 Å². The molecule has 0 aliphatic rings. The Morgan fingerprint density at radius 1 is 1.35 bits per heavy atom. The van der Waals surface area contributed by atoms with Gasteiger partial charge in [-0.3, -0.25) is 14.2 Å². The minimum Gasteiger partial charge on any atom is -0.459 e. The standard InChI is InChI=1S/C17H17N3O3/c1-11(2)9-20-10-18-14-6-5-12(8-13(14)17(20)22)19-16(21)15-4-3-7-23-15/h3-8,10-11H,9H2,1-2H3,(H,19,21). The molecule has 23 heavy (non-hydrogen) atoms. The van der Waals surface area contributed by atoms with E-state index >= 15 is 0 Å². The van der Waals surface area contributed by atoms with Crippen LogP contribution in [-0.2, 0) is 6.54 Å². The maximum Gasteiger partial charge on any atom is 0.291 e. The molecule has 0 bridgehead atoms. The minimum absolute atomic E-state index is 0.113. The lowest BCUT2D eigenvalue weighted by Gasteiger charge is -2.10. The molecule has 0 saturated carbocycles. The first-order chi connectivity index (χ1) is 11.0. The summed E-state index contributed by atoms with van der Waals surface area (Å²) in [6.45, 7) is 4.68. The molecule has 0 unspecified atom stereocenters. The lowest BCUT2D eigenvalue weighted by Crippen LogP contribution is -2.23. The third-order valence-electron chi connectivity index (χ3n) is 3.39. The first-order valence-corrected chi connectivity index (χ1v) is 7.38. The van der Waals surface area contributed by atoms with Gasteiger partial charge in [0, 0.05) is 12.2 Å². The molecule has 0 atom stereocenters. The molecule has 3 rings (SSSR count). The van der Waals surface area contributed by atoms with Gasteiger partial charge < -0.3 is 9.73 Å². The van der Waals surface area contributed by atoms with Crippen molar-refractivity contribution in [1.82, 2.24) is 9.55 Å². The van der Waals surface area contributed by atoms with Crippen molar-refractivity contribution in [2.45, 2.75) is 20.4 Å². The number of benzene rings is 1. The van der Waals surface area contributed by atoms with Crippen LogP contribution in [0.15, 0.2) is 52.1 Å². The monoisotopic (exact) mass is 311 g/mol. The van der Waals surface area contributed by atoms with Crippen LogP contribution in [0.3, 0.4) is 0 Å². The zero-order chi connectivity index (χ0) is 16.4. The topological polar surface area (TPSA) is 77.1 Å². The van der Waals surface area contributed by atoms with E-state index in [-0.39, 0.29) is 17.2 Å². The average molecular weight is 311 g/mol. The van der Waals surface area contributed by atoms with Gasteiger partial charge >= 0.3 is 0 Å². The Kier molecular flexibility index (Phi) is 3.97. The summed E-state index contributed by atoms with van der Waals surface area (Å²) in [5.74, 6) is 0.197. The van der Waals surface area contributed by atoms with E-state index in [4.69, 9.17) is 4.42 Å². The number of rotatable bonds is 4. The van der Waals surface area contributed by atoms with Crippen LogP contribution in [0.2, 0.25) is 0 Å². The van der Waals surface area contributed by atoms with Gasteiger partial charge in [0.05, 0.1) is 23.5 Å². The van der Waals surface area contributed by atoms with Gasteiger partial charge in [-0.25, -0.2) is 4.98 Å². The molecule has 3 aromatic rings. The quantitative estimate of drug-likeness (QED) is 0.803. The third-order valence-corrected chi connectivity index (χ3v) is 3.39. The van der Waals surface area contributed by atoms with Gasteiger partial charge in [-0.1, -0.05) is 13.8 Å². The first-order valence-electron chi connectivity index (χ1n) is 7.38. The highest BCUT2D eigenvalue weighted by atomic mass is 16.3.